The predicted octanol–water partition coefficient (Wildman–Crippen LogP) is 5.35. The minimum Gasteiger partial charge on any atom is -0.399 e. The number of nitrogens with zero attached hydrogens (tertiary/aromatic N) is 2. The molecule has 0 spiro atoms. The lowest BCUT2D eigenvalue weighted by Crippen LogP contribution is -2.47. The van der Waals surface area contributed by atoms with Crippen LogP contribution < -0.4 is 30.7 Å². The Hall–Kier alpha value is -4.15. The van der Waals surface area contributed by atoms with Gasteiger partial charge in [0, 0.05) is 64.8 Å². The van der Waals surface area contributed by atoms with Crippen molar-refractivity contribution in [2.75, 3.05) is 29.7 Å². The summed E-state index contributed by atoms with van der Waals surface area (Å²) >= 11 is 4.91. The van der Waals surface area contributed by atoms with Gasteiger partial charge in [-0.3, -0.25) is 13.9 Å². The lowest BCUT2D eigenvalue weighted by Gasteiger charge is -2.29. The lowest BCUT2D eigenvalue weighted by molar-refractivity contribution is -0.106. The molecule has 1 aliphatic rings. The van der Waals surface area contributed by atoms with Crippen LogP contribution in [0.15, 0.2) is 82.1 Å². The van der Waals surface area contributed by atoms with E-state index in [1.54, 1.807) is 5.51 Å². The van der Waals surface area contributed by atoms with Gasteiger partial charge in [0.05, 0.1) is 22.9 Å². The van der Waals surface area contributed by atoms with Crippen LogP contribution in [0.3, 0.4) is 0 Å². The third-order valence-corrected chi connectivity index (χ3v) is 11.4. The smallest absolute Gasteiger partial charge is 0.301 e. The second-order valence-corrected chi connectivity index (χ2v) is 15.9. The lowest BCUT2D eigenvalue weighted by atomic mass is 9.94. The molecule has 1 aromatic heterocycles. The highest BCUT2D eigenvalue weighted by atomic mass is 79.9. The second-order valence-electron chi connectivity index (χ2n) is 12.6. The number of amides is 2. The molecule has 0 aliphatic carbocycles. The molecule has 52 heavy (non-hydrogen) atoms. The van der Waals surface area contributed by atoms with Gasteiger partial charge in [-0.15, -0.1) is 11.3 Å². The largest absolute Gasteiger partial charge is 0.399 e. The number of hydrogen-bond donors (Lipinski definition) is 5. The molecular weight excluding hydrogens is 766 g/mol. The van der Waals surface area contributed by atoms with Gasteiger partial charge in [-0.1, -0.05) is 47.1 Å². The molecule has 278 valence electrons. The van der Waals surface area contributed by atoms with Crippen LogP contribution in [0.25, 0.3) is 0 Å². The van der Waals surface area contributed by atoms with Crippen LogP contribution in [0.4, 0.5) is 11.4 Å². The zero-order chi connectivity index (χ0) is 37.8. The molecule has 3 aromatic carbocycles. The molecule has 5 rings (SSSR count). The third-order valence-electron chi connectivity index (χ3n) is 8.73. The standard InChI is InChI=1S/C35H42BrN7O4S2.C2H4O/c1-22(25-7-11-30(37)12-8-25)23(2)38-19-31(18-32-20-48-21-39-32)42-35(45)28-15-27(16-33(17-28)43-14-4-13-40-49(43,46)47)34(44)41-24(3)26-5-9-29(36)10-6-26;1-2-3/h5-12,15-17,20-24,31,38,40H,4,13-14,18-19,37H2,1-3H3,(H,41,44)(H,42,45);2H,1H3/t22?,23-,24+,31-;/m0./s1. The molecule has 1 aliphatic heterocycles. The number of anilines is 2. The molecule has 15 heteroatoms. The van der Waals surface area contributed by atoms with E-state index in [9.17, 15) is 18.0 Å². The first kappa shape index (κ1) is 40.6. The summed E-state index contributed by atoms with van der Waals surface area (Å²) in [6.07, 6.45) is 1.81. The van der Waals surface area contributed by atoms with E-state index in [1.165, 1.54) is 40.8 Å². The van der Waals surface area contributed by atoms with Crippen molar-refractivity contribution in [3.05, 3.63) is 110 Å². The third kappa shape index (κ3) is 11.4. The average Bonchev–Trinajstić information content (AvgIpc) is 3.63. The van der Waals surface area contributed by atoms with Gasteiger partial charge in [0.25, 0.3) is 11.8 Å². The molecule has 0 saturated carbocycles. The fourth-order valence-electron chi connectivity index (χ4n) is 5.65. The minimum atomic E-state index is -3.85. The number of nitrogen functional groups attached to an aromatic ring is 1. The Kier molecular flexibility index (Phi) is 14.9. The van der Waals surface area contributed by atoms with E-state index >= 15 is 0 Å². The summed E-state index contributed by atoms with van der Waals surface area (Å²) in [6.45, 7) is 8.53. The van der Waals surface area contributed by atoms with E-state index in [4.69, 9.17) is 10.5 Å². The molecule has 12 nitrogen and oxygen atoms in total. The monoisotopic (exact) mass is 811 g/mol. The molecule has 4 atom stereocenters. The van der Waals surface area contributed by atoms with Crippen LogP contribution >= 0.6 is 27.3 Å². The van der Waals surface area contributed by atoms with Crippen molar-refractivity contribution in [1.29, 1.82) is 0 Å². The van der Waals surface area contributed by atoms with E-state index in [-0.39, 0.29) is 47.4 Å². The summed E-state index contributed by atoms with van der Waals surface area (Å²) in [7, 11) is -3.85. The number of carbonyl (C=O) groups is 3. The summed E-state index contributed by atoms with van der Waals surface area (Å²) in [6, 6.07) is 19.3. The molecule has 1 unspecified atom stereocenters. The molecule has 1 fully saturated rings. The summed E-state index contributed by atoms with van der Waals surface area (Å²) in [5, 5.41) is 11.6. The van der Waals surface area contributed by atoms with Crippen molar-refractivity contribution in [2.45, 2.75) is 64.6 Å². The van der Waals surface area contributed by atoms with E-state index in [1.807, 2.05) is 60.8 Å². The van der Waals surface area contributed by atoms with Crippen molar-refractivity contribution >= 4 is 67.0 Å². The highest BCUT2D eigenvalue weighted by molar-refractivity contribution is 9.10. The van der Waals surface area contributed by atoms with Crippen LogP contribution in [0.5, 0.6) is 0 Å². The van der Waals surface area contributed by atoms with Crippen LogP contribution in [0, 0.1) is 0 Å². The molecule has 6 N–H and O–H groups in total. The second kappa shape index (κ2) is 19.1. The van der Waals surface area contributed by atoms with E-state index in [2.05, 4.69) is 55.4 Å². The van der Waals surface area contributed by atoms with Gasteiger partial charge < -0.3 is 26.5 Å². The topological polar surface area (TPSA) is 176 Å². The summed E-state index contributed by atoms with van der Waals surface area (Å²) in [5.41, 5.74) is 11.8. The average molecular weight is 813 g/mol. The Balaban J connectivity index is 0.00000195. The van der Waals surface area contributed by atoms with E-state index in [0.29, 0.717) is 31.6 Å². The Labute approximate surface area is 318 Å². The molecule has 1 saturated heterocycles. The molecule has 2 amide bonds. The quantitative estimate of drug-likeness (QED) is 0.0887. The van der Waals surface area contributed by atoms with Gasteiger partial charge in [-0.25, -0.2) is 4.98 Å². The first-order valence-electron chi connectivity index (χ1n) is 17.0. The zero-order valence-corrected chi connectivity index (χ0v) is 32.9. The highest BCUT2D eigenvalue weighted by Gasteiger charge is 2.28. The number of carbonyl (C=O) groups excluding carboxylic acids is 3. The molecule has 4 aromatic rings. The highest BCUT2D eigenvalue weighted by Crippen LogP contribution is 2.26. The van der Waals surface area contributed by atoms with Crippen molar-refractivity contribution < 1.29 is 22.8 Å². The van der Waals surface area contributed by atoms with Gasteiger partial charge >= 0.3 is 10.2 Å². The van der Waals surface area contributed by atoms with Crippen molar-refractivity contribution in [1.82, 2.24) is 25.7 Å². The first-order chi connectivity index (χ1) is 24.8. The number of nitrogens with two attached hydrogens (primary N) is 1. The van der Waals surface area contributed by atoms with Gasteiger partial charge in [0.2, 0.25) is 0 Å². The zero-order valence-electron chi connectivity index (χ0n) is 29.6. The van der Waals surface area contributed by atoms with Crippen LogP contribution in [-0.2, 0) is 21.4 Å². The number of rotatable bonds is 13. The van der Waals surface area contributed by atoms with Gasteiger partial charge in [0.15, 0.2) is 0 Å². The summed E-state index contributed by atoms with van der Waals surface area (Å²) in [5.74, 6) is -0.686. The van der Waals surface area contributed by atoms with Crippen molar-refractivity contribution in [3.63, 3.8) is 0 Å². The van der Waals surface area contributed by atoms with Gasteiger partial charge in [-0.05, 0) is 86.7 Å². The first-order valence-corrected chi connectivity index (χ1v) is 20.1. The number of aromatic nitrogens is 1. The SMILES string of the molecule is CC(c1ccc(N)cc1)[C@H](C)NC[C@H](Cc1cscn1)NC(=O)c1cc(C(=O)N[C@H](C)c2ccc(Br)cc2)cc(N2CCCNS2(=O)=O)c1.CC=O. The molecular formula is C37H46BrN7O5S2. The van der Waals surface area contributed by atoms with Gasteiger partial charge in [0.1, 0.15) is 6.29 Å². The fraction of sp³-hybridized carbons (Fsp3) is 0.351. The Morgan fingerprint density at radius 2 is 1.62 bits per heavy atom. The number of aldehydes is 1. The maximum Gasteiger partial charge on any atom is 0.301 e. The Bertz CT molecular complexity index is 1890. The van der Waals surface area contributed by atoms with Gasteiger partial charge in [-0.2, -0.15) is 13.1 Å². The normalized spacial score (nSPS) is 16.0. The number of nitrogens with one attached hydrogen (secondary N) is 4. The predicted molar refractivity (Wildman–Crippen MR) is 211 cm³/mol. The fourth-order valence-corrected chi connectivity index (χ4v) is 7.79. The van der Waals surface area contributed by atoms with Crippen molar-refractivity contribution in [2.24, 2.45) is 0 Å². The Morgan fingerprint density at radius 3 is 2.21 bits per heavy atom. The minimum absolute atomic E-state index is 0.0709. The maximum absolute atomic E-state index is 14.0. The summed E-state index contributed by atoms with van der Waals surface area (Å²) < 4.78 is 30.7. The molecule has 0 radical (unpaired) electrons. The molecule has 0 bridgehead atoms. The molecule has 2 heterocycles. The number of hydrogen-bond acceptors (Lipinski definition) is 9. The van der Waals surface area contributed by atoms with Crippen LogP contribution in [-0.4, -0.2) is 63.2 Å². The summed E-state index contributed by atoms with van der Waals surface area (Å²) in [4.78, 5) is 40.8. The number of thiazole rings is 1. The number of benzene rings is 3. The maximum atomic E-state index is 14.0. The number of halogens is 1. The van der Waals surface area contributed by atoms with Crippen LogP contribution in [0.2, 0.25) is 0 Å². The Morgan fingerprint density at radius 1 is 1.00 bits per heavy atom. The van der Waals surface area contributed by atoms with E-state index in [0.717, 1.165) is 27.6 Å². The van der Waals surface area contributed by atoms with Crippen molar-refractivity contribution in [3.8, 4) is 0 Å². The van der Waals surface area contributed by atoms with E-state index < -0.39 is 22.0 Å². The van der Waals surface area contributed by atoms with Crippen LogP contribution in [0.1, 0.15) is 83.6 Å².